The Balaban J connectivity index is 1.46. The van der Waals surface area contributed by atoms with Crippen LogP contribution in [0.5, 0.6) is 5.75 Å². The predicted octanol–water partition coefficient (Wildman–Crippen LogP) is 2.21. The van der Waals surface area contributed by atoms with Gasteiger partial charge in [0, 0.05) is 36.5 Å². The predicted molar refractivity (Wildman–Crippen MR) is 149 cm³/mol. The second kappa shape index (κ2) is 9.77. The number of morpholine rings is 1. The van der Waals surface area contributed by atoms with Crippen molar-refractivity contribution in [1.82, 2.24) is 9.80 Å². The van der Waals surface area contributed by atoms with E-state index >= 15 is 0 Å². The van der Waals surface area contributed by atoms with Gasteiger partial charge >= 0.3 is 0 Å². The normalized spacial score (nSPS) is 28.7. The van der Waals surface area contributed by atoms with Crippen molar-refractivity contribution >= 4 is 28.1 Å². The first-order valence-electron chi connectivity index (χ1n) is 13.9. The highest BCUT2D eigenvalue weighted by Gasteiger charge is 2.63. The zero-order valence-electron chi connectivity index (χ0n) is 23.3. The molecular formula is C31H34N2O8. The van der Waals surface area contributed by atoms with Crippen LogP contribution in [0.3, 0.4) is 0 Å². The Bertz CT molecular complexity index is 1570. The number of aromatic hydroxyl groups is 1. The van der Waals surface area contributed by atoms with Gasteiger partial charge in [-0.1, -0.05) is 18.2 Å². The number of hydrogen-bond acceptors (Lipinski definition) is 10. The summed E-state index contributed by atoms with van der Waals surface area (Å²) in [7, 11) is 3.29. The molecule has 10 heteroatoms. The number of nitrogens with zero attached hydrogens (tertiary/aromatic N) is 2. The molecule has 1 fully saturated rings. The molecule has 0 saturated carbocycles. The smallest absolute Gasteiger partial charge is 0.209 e. The molecule has 4 atom stereocenters. The Morgan fingerprint density at radius 2 is 1.83 bits per heavy atom. The second-order valence-electron chi connectivity index (χ2n) is 11.9. The molecule has 0 spiro atoms. The lowest BCUT2D eigenvalue weighted by Crippen LogP contribution is -2.63. The molecule has 2 aromatic carbocycles. The van der Waals surface area contributed by atoms with E-state index in [1.54, 1.807) is 19.0 Å². The zero-order valence-corrected chi connectivity index (χ0v) is 23.3. The highest BCUT2D eigenvalue weighted by molar-refractivity contribution is 6.25. The average molecular weight is 563 g/mol. The maximum Gasteiger partial charge on any atom is 0.209 e. The summed E-state index contributed by atoms with van der Waals surface area (Å²) in [5.74, 6) is -5.56. The van der Waals surface area contributed by atoms with Crippen molar-refractivity contribution in [3.63, 3.8) is 0 Å². The van der Waals surface area contributed by atoms with Gasteiger partial charge in [-0.05, 0) is 62.4 Å². The van der Waals surface area contributed by atoms with Crippen molar-refractivity contribution in [2.24, 2.45) is 11.8 Å². The number of allylic oxidation sites excluding steroid dienone is 1. The van der Waals surface area contributed by atoms with Crippen LogP contribution in [0.2, 0.25) is 0 Å². The van der Waals surface area contributed by atoms with Gasteiger partial charge in [-0.3, -0.25) is 24.2 Å². The molecule has 0 amide bonds. The Morgan fingerprint density at radius 1 is 1.12 bits per heavy atom. The van der Waals surface area contributed by atoms with Crippen LogP contribution in [0.1, 0.15) is 34.8 Å². The first-order valence-corrected chi connectivity index (χ1v) is 13.9. The highest BCUT2D eigenvalue weighted by atomic mass is 16.5. The number of phenols is 1. The summed E-state index contributed by atoms with van der Waals surface area (Å²) in [6, 6.07) is 6.72. The summed E-state index contributed by atoms with van der Waals surface area (Å²) in [4.78, 5) is 43.7. The number of phenolic OH excluding ortho intramolecular Hbond substituents is 1. The number of carbonyl (C=O) groups is 3. The third-order valence-corrected chi connectivity index (χ3v) is 9.21. The number of benzene rings is 2. The molecule has 4 N–H and O–H groups in total. The minimum Gasteiger partial charge on any atom is -0.510 e. The number of aliphatic hydroxyl groups excluding tert-OH is 2. The standard InChI is InChI=1S/C31H34N2O8/c1-15(34)22-28(37)25(32(2)3)21-13-19-12-18-11-17-5-4-16(14-33-6-8-41-9-7-33)10-20(17)26(35)23(18)27(36)24(19)30(39)31(21,40)29(22)38/h4-5,10-11,19,21,25,35,37,39-40H,6-9,12-14H2,1-3H3/t19-,21-,25-,31+/m0/s1. The number of Topliss-reactive ketones (excluding diaryl/α,β-unsaturated/α-hetero) is 3. The Morgan fingerprint density at radius 3 is 2.49 bits per heavy atom. The molecular weight excluding hydrogens is 528 g/mol. The largest absolute Gasteiger partial charge is 0.510 e. The van der Waals surface area contributed by atoms with E-state index in [1.165, 1.54) is 0 Å². The topological polar surface area (TPSA) is 148 Å². The van der Waals surface area contributed by atoms with E-state index in [9.17, 15) is 34.8 Å². The molecule has 0 aromatic heterocycles. The summed E-state index contributed by atoms with van der Waals surface area (Å²) < 4.78 is 5.42. The van der Waals surface area contributed by atoms with Gasteiger partial charge < -0.3 is 25.2 Å². The number of carbonyl (C=O) groups excluding carboxylic acids is 3. The first kappa shape index (κ1) is 27.6. The van der Waals surface area contributed by atoms with Crippen molar-refractivity contribution in [2.45, 2.75) is 38.0 Å². The molecule has 4 aliphatic rings. The quantitative estimate of drug-likeness (QED) is 0.409. The van der Waals surface area contributed by atoms with Crippen molar-refractivity contribution < 1.29 is 39.5 Å². The second-order valence-corrected chi connectivity index (χ2v) is 11.9. The van der Waals surface area contributed by atoms with E-state index < -0.39 is 57.9 Å². The van der Waals surface area contributed by atoms with Gasteiger partial charge in [0.2, 0.25) is 5.78 Å². The van der Waals surface area contributed by atoms with Gasteiger partial charge in [-0.2, -0.15) is 0 Å². The minimum atomic E-state index is -2.57. The van der Waals surface area contributed by atoms with Crippen LogP contribution in [0, 0.1) is 11.8 Å². The van der Waals surface area contributed by atoms with Crippen molar-refractivity contribution in [1.29, 1.82) is 0 Å². The summed E-state index contributed by atoms with van der Waals surface area (Å²) in [6.07, 6.45) is 0.382. The van der Waals surface area contributed by atoms with Gasteiger partial charge in [0.05, 0.1) is 24.8 Å². The molecule has 6 rings (SSSR count). The fourth-order valence-corrected chi connectivity index (χ4v) is 7.28. The van der Waals surface area contributed by atoms with Crippen LogP contribution in [0.25, 0.3) is 10.8 Å². The van der Waals surface area contributed by atoms with Gasteiger partial charge in [-0.25, -0.2) is 0 Å². The Labute approximate surface area is 237 Å². The molecule has 1 heterocycles. The molecule has 1 saturated heterocycles. The molecule has 41 heavy (non-hydrogen) atoms. The van der Waals surface area contributed by atoms with Crippen LogP contribution >= 0.6 is 0 Å². The summed E-state index contributed by atoms with van der Waals surface area (Å²) >= 11 is 0. The van der Waals surface area contributed by atoms with Gasteiger partial charge in [-0.15, -0.1) is 0 Å². The third-order valence-electron chi connectivity index (χ3n) is 9.21. The fourth-order valence-electron chi connectivity index (χ4n) is 7.28. The van der Waals surface area contributed by atoms with E-state index in [-0.39, 0.29) is 29.7 Å². The third kappa shape index (κ3) is 4.04. The number of aliphatic hydroxyl groups is 3. The summed E-state index contributed by atoms with van der Waals surface area (Å²) in [6.45, 7) is 4.70. The molecule has 3 aliphatic carbocycles. The van der Waals surface area contributed by atoms with E-state index in [0.717, 1.165) is 31.0 Å². The fraction of sp³-hybridized carbons (Fsp3) is 0.452. The van der Waals surface area contributed by atoms with Crippen LogP contribution in [0.4, 0.5) is 0 Å². The SMILES string of the molecule is CC(=O)C1=C(O)[C@@H](N(C)C)[C@@H]2C[C@@H]3Cc4cc5ccc(CN6CCOCC6)cc5c(O)c4C(=O)C3=C(O)[C@]2(O)C1=O. The first-order chi connectivity index (χ1) is 19.4. The summed E-state index contributed by atoms with van der Waals surface area (Å²) in [5.41, 5.74) is -1.67. The molecule has 10 nitrogen and oxygen atoms in total. The molecule has 2 aromatic rings. The number of likely N-dealkylation sites (N-methyl/N-ethyl adjacent to an activating group) is 1. The monoisotopic (exact) mass is 562 g/mol. The van der Waals surface area contributed by atoms with Crippen LogP contribution in [-0.2, 0) is 27.3 Å². The van der Waals surface area contributed by atoms with Crippen LogP contribution in [0.15, 0.2) is 46.9 Å². The molecule has 0 bridgehead atoms. The molecule has 216 valence electrons. The number of fused-ring (bicyclic) bond motifs is 4. The van der Waals surface area contributed by atoms with Crippen LogP contribution in [-0.4, -0.2) is 99.6 Å². The van der Waals surface area contributed by atoms with Crippen molar-refractivity contribution in [3.05, 3.63) is 63.6 Å². The lowest BCUT2D eigenvalue weighted by molar-refractivity contribution is -0.148. The Hall–Kier alpha value is -3.57. The Kier molecular flexibility index (Phi) is 6.57. The van der Waals surface area contributed by atoms with Crippen LogP contribution < -0.4 is 0 Å². The lowest BCUT2D eigenvalue weighted by atomic mass is 9.58. The molecule has 0 unspecified atom stereocenters. The average Bonchev–Trinajstić information content (AvgIpc) is 2.91. The highest BCUT2D eigenvalue weighted by Crippen LogP contribution is 2.52. The molecule has 1 aliphatic heterocycles. The maximum absolute atomic E-state index is 14.0. The number of ether oxygens (including phenoxy) is 1. The van der Waals surface area contributed by atoms with E-state index in [2.05, 4.69) is 4.90 Å². The van der Waals surface area contributed by atoms with E-state index in [4.69, 9.17) is 4.74 Å². The van der Waals surface area contributed by atoms with Crippen molar-refractivity contribution in [3.8, 4) is 5.75 Å². The van der Waals surface area contributed by atoms with Crippen molar-refractivity contribution in [2.75, 3.05) is 40.4 Å². The number of hydrogen-bond donors (Lipinski definition) is 4. The van der Waals surface area contributed by atoms with Gasteiger partial charge in [0.1, 0.15) is 22.8 Å². The maximum atomic E-state index is 14.0. The van der Waals surface area contributed by atoms with Gasteiger partial charge in [0.15, 0.2) is 17.2 Å². The zero-order chi connectivity index (χ0) is 29.4. The van der Waals surface area contributed by atoms with E-state index in [0.29, 0.717) is 30.7 Å². The lowest BCUT2D eigenvalue weighted by Gasteiger charge is -2.50. The van der Waals surface area contributed by atoms with Gasteiger partial charge in [0.25, 0.3) is 0 Å². The molecule has 0 radical (unpaired) electrons. The minimum absolute atomic E-state index is 0.0403. The number of rotatable bonds is 4. The summed E-state index contributed by atoms with van der Waals surface area (Å²) in [5, 5.41) is 46.9. The van der Waals surface area contributed by atoms with E-state index in [1.807, 2.05) is 24.3 Å². The number of ketones is 3.